The molecule has 112 valence electrons. The maximum absolute atomic E-state index is 12.3. The van der Waals surface area contributed by atoms with E-state index < -0.39 is 11.8 Å². The molecule has 0 spiro atoms. The Morgan fingerprint density at radius 2 is 1.35 bits per heavy atom. The summed E-state index contributed by atoms with van der Waals surface area (Å²) in [5.74, 6) is -0.823. The van der Waals surface area contributed by atoms with Crippen molar-refractivity contribution in [3.63, 3.8) is 0 Å². The van der Waals surface area contributed by atoms with Gasteiger partial charge in [0.1, 0.15) is 6.61 Å². The molecule has 0 unspecified atom stereocenters. The van der Waals surface area contributed by atoms with E-state index in [4.69, 9.17) is 4.84 Å². The molecule has 1 aliphatic rings. The van der Waals surface area contributed by atoms with Crippen LogP contribution in [0.2, 0.25) is 0 Å². The Balaban J connectivity index is 1.60. The molecule has 0 aliphatic carbocycles. The molecule has 0 bridgehead atoms. The summed E-state index contributed by atoms with van der Waals surface area (Å²) in [7, 11) is 0. The van der Waals surface area contributed by atoms with Crippen LogP contribution in [-0.4, -0.2) is 16.9 Å². The smallest absolute Gasteiger partial charge is 0.266 e. The van der Waals surface area contributed by atoms with Gasteiger partial charge in [0.2, 0.25) is 0 Å². The van der Waals surface area contributed by atoms with Crippen LogP contribution >= 0.6 is 0 Å². The van der Waals surface area contributed by atoms with Crippen LogP contribution in [0.5, 0.6) is 0 Å². The normalized spacial score (nSPS) is 13.7. The van der Waals surface area contributed by atoms with Gasteiger partial charge in [-0.3, -0.25) is 14.4 Å². The molecule has 4 rings (SSSR count). The lowest BCUT2D eigenvalue weighted by atomic mass is 10.1. The zero-order valence-electron chi connectivity index (χ0n) is 12.2. The summed E-state index contributed by atoms with van der Waals surface area (Å²) in [6.07, 6.45) is 0. The summed E-state index contributed by atoms with van der Waals surface area (Å²) in [5, 5.41) is 2.99. The van der Waals surface area contributed by atoms with E-state index in [2.05, 4.69) is 0 Å². The van der Waals surface area contributed by atoms with Crippen LogP contribution in [0.1, 0.15) is 26.3 Å². The van der Waals surface area contributed by atoms with Crippen LogP contribution in [0.3, 0.4) is 0 Å². The summed E-state index contributed by atoms with van der Waals surface area (Å²) in [6, 6.07) is 20.6. The monoisotopic (exact) mass is 303 g/mol. The minimum absolute atomic E-state index is 0.160. The lowest BCUT2D eigenvalue weighted by Gasteiger charge is -2.14. The van der Waals surface area contributed by atoms with Crippen molar-refractivity contribution in [1.29, 1.82) is 0 Å². The average Bonchev–Trinajstić information content (AvgIpc) is 2.84. The number of benzene rings is 3. The van der Waals surface area contributed by atoms with Crippen molar-refractivity contribution < 1.29 is 14.4 Å². The quantitative estimate of drug-likeness (QED) is 0.695. The molecule has 0 saturated heterocycles. The molecule has 0 atom stereocenters. The van der Waals surface area contributed by atoms with E-state index in [-0.39, 0.29) is 6.61 Å². The fraction of sp³-hybridized carbons (Fsp3) is 0.0526. The van der Waals surface area contributed by atoms with Crippen LogP contribution in [0, 0.1) is 0 Å². The predicted octanol–water partition coefficient (Wildman–Crippen LogP) is 3.57. The number of carbonyl (C=O) groups is 2. The van der Waals surface area contributed by atoms with Crippen molar-refractivity contribution in [1.82, 2.24) is 5.06 Å². The Labute approximate surface area is 132 Å². The Bertz CT molecular complexity index is 892. The topological polar surface area (TPSA) is 46.6 Å². The summed E-state index contributed by atoms with van der Waals surface area (Å²) in [5.41, 5.74) is 1.70. The number of imide groups is 1. The van der Waals surface area contributed by atoms with Gasteiger partial charge in [0, 0.05) is 0 Å². The van der Waals surface area contributed by atoms with Gasteiger partial charge in [-0.2, -0.15) is 0 Å². The van der Waals surface area contributed by atoms with Crippen molar-refractivity contribution in [2.45, 2.75) is 6.61 Å². The molecule has 4 heteroatoms. The van der Waals surface area contributed by atoms with E-state index in [1.807, 2.05) is 42.5 Å². The first-order valence-corrected chi connectivity index (χ1v) is 7.33. The fourth-order valence-electron chi connectivity index (χ4n) is 2.84. The molecule has 0 saturated carbocycles. The van der Waals surface area contributed by atoms with E-state index >= 15 is 0 Å². The van der Waals surface area contributed by atoms with Crippen LogP contribution in [0.4, 0.5) is 0 Å². The van der Waals surface area contributed by atoms with Crippen LogP contribution in [0.25, 0.3) is 10.8 Å². The number of hydroxylamine groups is 2. The molecule has 2 amide bonds. The third-order valence-electron chi connectivity index (χ3n) is 3.99. The average molecular weight is 303 g/mol. The number of fused-ring (bicyclic) bond motifs is 2. The number of amides is 2. The van der Waals surface area contributed by atoms with E-state index in [1.54, 1.807) is 24.3 Å². The van der Waals surface area contributed by atoms with E-state index in [9.17, 15) is 9.59 Å². The molecule has 4 nitrogen and oxygen atoms in total. The molecule has 0 aromatic heterocycles. The minimum Gasteiger partial charge on any atom is -0.266 e. The van der Waals surface area contributed by atoms with E-state index in [0.717, 1.165) is 21.4 Å². The largest absolute Gasteiger partial charge is 0.285 e. The summed E-state index contributed by atoms with van der Waals surface area (Å²) in [6.45, 7) is 0.160. The van der Waals surface area contributed by atoms with Gasteiger partial charge in [0.15, 0.2) is 0 Å². The minimum atomic E-state index is -0.411. The highest BCUT2D eigenvalue weighted by Crippen LogP contribution is 2.25. The Hall–Kier alpha value is -2.98. The molecule has 0 radical (unpaired) electrons. The summed E-state index contributed by atoms with van der Waals surface area (Å²) >= 11 is 0. The summed E-state index contributed by atoms with van der Waals surface area (Å²) < 4.78 is 0. The number of rotatable bonds is 3. The molecule has 0 fully saturated rings. The zero-order valence-corrected chi connectivity index (χ0v) is 12.2. The van der Waals surface area contributed by atoms with Crippen molar-refractivity contribution in [3.05, 3.63) is 83.4 Å². The van der Waals surface area contributed by atoms with Crippen LogP contribution < -0.4 is 0 Å². The standard InChI is InChI=1S/C19H13NO3/c21-18-16-10-3-4-11-17(16)19(22)20(18)23-12-14-8-5-7-13-6-1-2-9-15(13)14/h1-11H,12H2. The van der Waals surface area contributed by atoms with Gasteiger partial charge >= 0.3 is 0 Å². The molecular weight excluding hydrogens is 290 g/mol. The van der Waals surface area contributed by atoms with Gasteiger partial charge in [-0.05, 0) is 28.5 Å². The highest BCUT2D eigenvalue weighted by atomic mass is 16.7. The van der Waals surface area contributed by atoms with Crippen LogP contribution in [-0.2, 0) is 11.4 Å². The van der Waals surface area contributed by atoms with Gasteiger partial charge in [0.05, 0.1) is 11.1 Å². The summed E-state index contributed by atoms with van der Waals surface area (Å²) in [4.78, 5) is 30.1. The second-order valence-corrected chi connectivity index (χ2v) is 5.36. The van der Waals surface area contributed by atoms with E-state index in [1.165, 1.54) is 0 Å². The van der Waals surface area contributed by atoms with Crippen molar-refractivity contribution in [2.75, 3.05) is 0 Å². The first-order chi connectivity index (χ1) is 11.3. The van der Waals surface area contributed by atoms with Gasteiger partial charge in [-0.1, -0.05) is 54.6 Å². The van der Waals surface area contributed by atoms with Gasteiger partial charge in [-0.25, -0.2) is 0 Å². The van der Waals surface area contributed by atoms with Crippen molar-refractivity contribution >= 4 is 22.6 Å². The predicted molar refractivity (Wildman–Crippen MR) is 85.7 cm³/mol. The van der Waals surface area contributed by atoms with Gasteiger partial charge in [-0.15, -0.1) is 5.06 Å². The number of carbonyl (C=O) groups excluding carboxylic acids is 2. The Morgan fingerprint density at radius 1 is 0.739 bits per heavy atom. The van der Waals surface area contributed by atoms with Gasteiger partial charge in [0.25, 0.3) is 11.8 Å². The van der Waals surface area contributed by atoms with Crippen molar-refractivity contribution in [3.8, 4) is 0 Å². The molecule has 3 aromatic carbocycles. The molecule has 23 heavy (non-hydrogen) atoms. The molecular formula is C19H13NO3. The zero-order chi connectivity index (χ0) is 15.8. The third kappa shape index (κ3) is 2.20. The number of hydrogen-bond acceptors (Lipinski definition) is 3. The first-order valence-electron chi connectivity index (χ1n) is 7.33. The van der Waals surface area contributed by atoms with Gasteiger partial charge < -0.3 is 0 Å². The van der Waals surface area contributed by atoms with E-state index in [0.29, 0.717) is 11.1 Å². The number of nitrogens with zero attached hydrogens (tertiary/aromatic N) is 1. The first kappa shape index (κ1) is 13.7. The van der Waals surface area contributed by atoms with Crippen molar-refractivity contribution in [2.24, 2.45) is 0 Å². The number of hydrogen-bond donors (Lipinski definition) is 0. The third-order valence-corrected chi connectivity index (χ3v) is 3.99. The molecule has 1 heterocycles. The maximum Gasteiger partial charge on any atom is 0.285 e. The second kappa shape index (κ2) is 5.34. The molecule has 0 N–H and O–H groups in total. The highest BCUT2D eigenvalue weighted by Gasteiger charge is 2.36. The lowest BCUT2D eigenvalue weighted by molar-refractivity contribution is -0.100. The molecule has 1 aliphatic heterocycles. The maximum atomic E-state index is 12.3. The Morgan fingerprint density at radius 3 is 2.09 bits per heavy atom. The fourth-order valence-corrected chi connectivity index (χ4v) is 2.84. The Kier molecular flexibility index (Phi) is 3.17. The SMILES string of the molecule is O=C1c2ccccc2C(=O)N1OCc1cccc2ccccc12. The second-order valence-electron chi connectivity index (χ2n) is 5.36. The lowest BCUT2D eigenvalue weighted by Crippen LogP contribution is -2.29. The molecule has 3 aromatic rings. The van der Waals surface area contributed by atoms with Crippen LogP contribution in [0.15, 0.2) is 66.7 Å². The highest BCUT2D eigenvalue weighted by molar-refractivity contribution is 6.20.